The first-order valence-corrected chi connectivity index (χ1v) is 22.9. The summed E-state index contributed by atoms with van der Waals surface area (Å²) >= 11 is 1.90. The number of nitrogens with zero attached hydrogens (tertiary/aromatic N) is 5. The largest absolute Gasteiger partial charge is 0.465 e. The molecule has 4 atom stereocenters. The summed E-state index contributed by atoms with van der Waals surface area (Å²) in [5, 5.41) is 44.5. The topological polar surface area (TPSA) is 147 Å². The molecule has 11 nitrogen and oxygen atoms in total. The second kappa shape index (κ2) is 21.0. The van der Waals surface area contributed by atoms with Crippen LogP contribution >= 0.6 is 11.3 Å². The summed E-state index contributed by atoms with van der Waals surface area (Å²) in [6.07, 6.45) is 13.8. The first-order valence-electron chi connectivity index (χ1n) is 22.1. The predicted octanol–water partition coefficient (Wildman–Crippen LogP) is 9.16. The molecule has 3 aromatic heterocycles. The Morgan fingerprint density at radius 1 is 0.893 bits per heavy atom. The van der Waals surface area contributed by atoms with Crippen molar-refractivity contribution in [3.05, 3.63) is 16.8 Å². The van der Waals surface area contributed by atoms with Crippen molar-refractivity contribution in [3.8, 4) is 0 Å². The average Bonchev–Trinajstić information content (AvgIpc) is 3.74. The van der Waals surface area contributed by atoms with Gasteiger partial charge in [-0.05, 0) is 129 Å². The van der Waals surface area contributed by atoms with Crippen LogP contribution in [-0.2, 0) is 13.0 Å². The van der Waals surface area contributed by atoms with Gasteiger partial charge in [0.2, 0.25) is 0 Å². The van der Waals surface area contributed by atoms with Gasteiger partial charge in [-0.15, -0.1) is 11.3 Å². The second-order valence-corrected chi connectivity index (χ2v) is 19.3. The van der Waals surface area contributed by atoms with E-state index in [4.69, 9.17) is 9.97 Å². The van der Waals surface area contributed by atoms with Crippen molar-refractivity contribution in [2.24, 2.45) is 5.92 Å². The van der Waals surface area contributed by atoms with Crippen LogP contribution < -0.4 is 5.32 Å². The normalized spacial score (nSPS) is 18.8. The Balaban J connectivity index is 1.37. The number of imidazole rings is 1. The van der Waals surface area contributed by atoms with E-state index in [2.05, 4.69) is 55.5 Å². The first-order chi connectivity index (χ1) is 26.8. The molecular formula is C44H74N6O5S. The molecule has 4 unspecified atom stereocenters. The number of thiophene rings is 1. The van der Waals surface area contributed by atoms with Crippen molar-refractivity contribution >= 4 is 44.5 Å². The molecule has 56 heavy (non-hydrogen) atoms. The molecule has 2 fully saturated rings. The molecule has 2 aliphatic heterocycles. The number of unbranched alkanes of at least 4 members (excludes halogenated alkanes) is 4. The van der Waals surface area contributed by atoms with E-state index in [0.717, 1.165) is 100 Å². The number of rotatable bonds is 21. The molecule has 0 spiro atoms. The van der Waals surface area contributed by atoms with E-state index in [1.54, 1.807) is 11.8 Å². The number of fused-ring (bicyclic) bond motifs is 3. The number of amides is 1. The van der Waals surface area contributed by atoms with Gasteiger partial charge in [-0.1, -0.05) is 46.0 Å². The Hall–Kier alpha value is -2.51. The van der Waals surface area contributed by atoms with Crippen LogP contribution in [0.15, 0.2) is 6.07 Å². The molecule has 1 amide bonds. The van der Waals surface area contributed by atoms with Gasteiger partial charge in [0, 0.05) is 42.5 Å². The molecule has 2 aliphatic rings. The monoisotopic (exact) mass is 799 g/mol. The van der Waals surface area contributed by atoms with Crippen LogP contribution in [-0.4, -0.2) is 107 Å². The average molecular weight is 799 g/mol. The molecule has 3 aromatic rings. The SMILES string of the molecule is CCCCCCC(CC(O)CCC(O)CCC(C)O)N1CCC(c2cc3nc(NC(C)(C)C)c4nc(CCCC)n(CC5CCN(C(=O)O)CC5)c4c3s2)CC1. The smallest absolute Gasteiger partial charge is 0.407 e. The van der Waals surface area contributed by atoms with Crippen LogP contribution in [0.4, 0.5) is 10.6 Å². The number of aryl methyl sites for hydroxylation is 1. The third kappa shape index (κ3) is 12.5. The minimum atomic E-state index is -0.820. The Morgan fingerprint density at radius 2 is 1.57 bits per heavy atom. The van der Waals surface area contributed by atoms with E-state index in [9.17, 15) is 25.2 Å². The summed E-state index contributed by atoms with van der Waals surface area (Å²) in [5.74, 6) is 2.79. The summed E-state index contributed by atoms with van der Waals surface area (Å²) in [6, 6.07) is 2.68. The fourth-order valence-corrected chi connectivity index (χ4v) is 10.2. The van der Waals surface area contributed by atoms with Gasteiger partial charge < -0.3 is 40.1 Å². The first kappa shape index (κ1) is 44.6. The van der Waals surface area contributed by atoms with Crippen molar-refractivity contribution in [2.45, 2.75) is 193 Å². The number of piperidine rings is 2. The minimum Gasteiger partial charge on any atom is -0.465 e. The summed E-state index contributed by atoms with van der Waals surface area (Å²) in [4.78, 5) is 27.8. The van der Waals surface area contributed by atoms with Crippen molar-refractivity contribution in [1.29, 1.82) is 0 Å². The summed E-state index contributed by atoms with van der Waals surface area (Å²) in [7, 11) is 0. The Kier molecular flexibility index (Phi) is 16.7. The lowest BCUT2D eigenvalue weighted by Gasteiger charge is -2.38. The lowest BCUT2D eigenvalue weighted by Crippen LogP contribution is -2.42. The highest BCUT2D eigenvalue weighted by Gasteiger charge is 2.31. The predicted molar refractivity (Wildman–Crippen MR) is 230 cm³/mol. The molecule has 0 aromatic carbocycles. The van der Waals surface area contributed by atoms with Gasteiger partial charge in [0.05, 0.1) is 34.0 Å². The molecule has 0 saturated carbocycles. The molecular weight excluding hydrogens is 725 g/mol. The molecule has 12 heteroatoms. The second-order valence-electron chi connectivity index (χ2n) is 18.2. The van der Waals surface area contributed by atoms with E-state index in [1.807, 2.05) is 11.3 Å². The number of hydrogen-bond acceptors (Lipinski definition) is 9. The van der Waals surface area contributed by atoms with Crippen molar-refractivity contribution in [2.75, 3.05) is 31.5 Å². The highest BCUT2D eigenvalue weighted by atomic mass is 32.1. The van der Waals surface area contributed by atoms with Gasteiger partial charge in [0.15, 0.2) is 5.82 Å². The third-order valence-corrected chi connectivity index (χ3v) is 13.5. The van der Waals surface area contributed by atoms with E-state index >= 15 is 0 Å². The van der Waals surface area contributed by atoms with Crippen LogP contribution in [0.1, 0.15) is 161 Å². The number of aliphatic hydroxyl groups is 3. The molecule has 0 bridgehead atoms. The van der Waals surface area contributed by atoms with E-state index in [-0.39, 0.29) is 5.54 Å². The Bertz CT molecular complexity index is 1650. The highest BCUT2D eigenvalue weighted by molar-refractivity contribution is 7.20. The maximum absolute atomic E-state index is 11.7. The number of carboxylic acid groups (broad SMARTS) is 1. The zero-order chi connectivity index (χ0) is 40.4. The van der Waals surface area contributed by atoms with Gasteiger partial charge in [0.25, 0.3) is 0 Å². The zero-order valence-corrected chi connectivity index (χ0v) is 36.3. The van der Waals surface area contributed by atoms with Gasteiger partial charge in [0.1, 0.15) is 11.3 Å². The summed E-state index contributed by atoms with van der Waals surface area (Å²) in [6.45, 7) is 16.8. The third-order valence-electron chi connectivity index (χ3n) is 12.2. The number of pyridine rings is 1. The lowest BCUT2D eigenvalue weighted by molar-refractivity contribution is 0.0586. The van der Waals surface area contributed by atoms with Crippen molar-refractivity contribution in [3.63, 3.8) is 0 Å². The number of carbonyl (C=O) groups is 1. The van der Waals surface area contributed by atoms with E-state index in [0.29, 0.717) is 56.7 Å². The highest BCUT2D eigenvalue weighted by Crippen LogP contribution is 2.42. The Labute approximate surface area is 340 Å². The maximum Gasteiger partial charge on any atom is 0.407 e. The number of hydrogen-bond donors (Lipinski definition) is 5. The van der Waals surface area contributed by atoms with Crippen LogP contribution in [0.25, 0.3) is 21.3 Å². The number of nitrogens with one attached hydrogen (secondary N) is 1. The molecule has 0 aliphatic carbocycles. The van der Waals surface area contributed by atoms with Gasteiger partial charge in [-0.2, -0.15) is 0 Å². The van der Waals surface area contributed by atoms with Crippen molar-refractivity contribution < 1.29 is 25.2 Å². The zero-order valence-electron chi connectivity index (χ0n) is 35.4. The number of anilines is 1. The molecule has 0 radical (unpaired) electrons. The van der Waals surface area contributed by atoms with Crippen molar-refractivity contribution in [1.82, 2.24) is 24.3 Å². The lowest BCUT2D eigenvalue weighted by atomic mass is 9.91. The molecule has 5 N–H and O–H groups in total. The molecule has 5 rings (SSSR count). The van der Waals surface area contributed by atoms with Gasteiger partial charge >= 0.3 is 6.09 Å². The summed E-state index contributed by atoms with van der Waals surface area (Å²) < 4.78 is 3.69. The van der Waals surface area contributed by atoms with Gasteiger partial charge in [-0.3, -0.25) is 0 Å². The minimum absolute atomic E-state index is 0.185. The maximum atomic E-state index is 11.7. The quantitative estimate of drug-likeness (QED) is 0.0666. The molecule has 5 heterocycles. The fourth-order valence-electron chi connectivity index (χ4n) is 8.85. The van der Waals surface area contributed by atoms with Gasteiger partial charge in [-0.25, -0.2) is 14.8 Å². The fraction of sp³-hybridized carbons (Fsp3) is 0.795. The van der Waals surface area contributed by atoms with Crippen LogP contribution in [0, 0.1) is 5.92 Å². The van der Waals surface area contributed by atoms with Crippen LogP contribution in [0.5, 0.6) is 0 Å². The number of likely N-dealkylation sites (tertiary alicyclic amines) is 2. The van der Waals surface area contributed by atoms with E-state index < -0.39 is 24.4 Å². The molecule has 316 valence electrons. The van der Waals surface area contributed by atoms with E-state index in [1.165, 1.54) is 40.8 Å². The van der Waals surface area contributed by atoms with Crippen LogP contribution in [0.2, 0.25) is 0 Å². The number of aromatic nitrogens is 3. The summed E-state index contributed by atoms with van der Waals surface area (Å²) in [5.41, 5.74) is 2.97. The molecule has 2 saturated heterocycles. The standard InChI is InChI=1S/C44H74N6O5S/c1-7-9-11-12-13-33(27-35(53)18-17-34(52)16-15-30(3)51)48-25-21-32(22-26-48)37-28-36-41(56-37)40-39(42(45-36)47-44(4,5)6)46-38(14-10-8-2)50(40)29-31-19-23-49(24-20-31)43(54)55/h28,30-35,51-53H,7-27,29H2,1-6H3,(H,45,47)(H,54,55). The Morgan fingerprint density at radius 3 is 2.21 bits per heavy atom. The van der Waals surface area contributed by atoms with Crippen LogP contribution in [0.3, 0.4) is 0 Å². The number of aliphatic hydroxyl groups excluding tert-OH is 3.